The van der Waals surface area contributed by atoms with Gasteiger partial charge < -0.3 is 0 Å². The van der Waals surface area contributed by atoms with Crippen LogP contribution in [0.2, 0.25) is 0 Å². The number of aryl methyl sites for hydroxylation is 2. The first-order chi connectivity index (χ1) is 15.2. The number of carbonyl (C=O) groups excluding carboxylic acids is 2. The Morgan fingerprint density at radius 2 is 1.09 bits per heavy atom. The number of rotatable bonds is 1. The van der Waals surface area contributed by atoms with E-state index < -0.39 is 21.6 Å². The van der Waals surface area contributed by atoms with Crippen molar-refractivity contribution in [2.45, 2.75) is 23.6 Å². The zero-order chi connectivity index (χ0) is 22.6. The lowest BCUT2D eigenvalue weighted by Gasteiger charge is -2.54. The van der Waals surface area contributed by atoms with Crippen LogP contribution in [0, 0.1) is 25.7 Å². The number of anilines is 1. The van der Waals surface area contributed by atoms with Gasteiger partial charge in [-0.2, -0.15) is 0 Å². The zero-order valence-electron chi connectivity index (χ0n) is 17.3. The van der Waals surface area contributed by atoms with Crippen molar-refractivity contribution in [2.24, 2.45) is 11.8 Å². The van der Waals surface area contributed by atoms with E-state index in [0.717, 1.165) is 37.9 Å². The lowest BCUT2D eigenvalue weighted by molar-refractivity contribution is -0.122. The number of hydrogen-bond acceptors (Lipinski definition) is 2. The Hall–Kier alpha value is -2.14. The topological polar surface area (TPSA) is 37.4 Å². The Kier molecular flexibility index (Phi) is 4.14. The molecule has 2 atom stereocenters. The molecule has 7 rings (SSSR count). The van der Waals surface area contributed by atoms with E-state index in [4.69, 9.17) is 23.2 Å². The molecule has 0 radical (unpaired) electrons. The van der Waals surface area contributed by atoms with Crippen LogP contribution in [0.4, 0.5) is 5.69 Å². The summed E-state index contributed by atoms with van der Waals surface area (Å²) in [4.78, 5) is 26.9. The molecule has 0 aromatic heterocycles. The maximum absolute atomic E-state index is 14.0. The van der Waals surface area contributed by atoms with Crippen molar-refractivity contribution in [3.8, 4) is 0 Å². The smallest absolute Gasteiger partial charge is 0.240 e. The molecule has 0 saturated carbocycles. The van der Waals surface area contributed by atoms with Crippen LogP contribution in [0.1, 0.15) is 33.4 Å². The minimum atomic E-state index is -1.16. The highest BCUT2D eigenvalue weighted by Crippen LogP contribution is 2.69. The standard InChI is InChI=1S/C26H18BrCl2NO2/c1-13-11-15(12-14(2)22(13)27)30-23(31)20-21(24(30)32)26(29)17-8-4-3-7-16(17)25(20,28)18-9-5-6-10-19(18)26/h3-12,20-21H,1-2H3/t20-,21-,25?,26?/m0/s1. The van der Waals surface area contributed by atoms with Gasteiger partial charge >= 0.3 is 0 Å². The first-order valence-electron chi connectivity index (χ1n) is 10.4. The number of nitrogens with zero attached hydrogens (tertiary/aromatic N) is 1. The summed E-state index contributed by atoms with van der Waals surface area (Å²) in [6, 6.07) is 19.1. The van der Waals surface area contributed by atoms with E-state index in [1.165, 1.54) is 4.90 Å². The Balaban J connectivity index is 1.64. The molecule has 3 aromatic carbocycles. The summed E-state index contributed by atoms with van der Waals surface area (Å²) in [6.45, 7) is 3.89. The van der Waals surface area contributed by atoms with E-state index in [2.05, 4.69) is 15.9 Å². The van der Waals surface area contributed by atoms with E-state index in [9.17, 15) is 9.59 Å². The number of benzene rings is 3. The molecule has 4 aliphatic rings. The van der Waals surface area contributed by atoms with E-state index in [-0.39, 0.29) is 11.8 Å². The Morgan fingerprint density at radius 1 is 0.750 bits per heavy atom. The van der Waals surface area contributed by atoms with Gasteiger partial charge in [0.15, 0.2) is 0 Å². The van der Waals surface area contributed by atoms with Crippen LogP contribution in [0.5, 0.6) is 0 Å². The fourth-order valence-corrected chi connectivity index (χ4v) is 7.30. The Bertz CT molecular complexity index is 1220. The first kappa shape index (κ1) is 20.5. The van der Waals surface area contributed by atoms with E-state index in [1.807, 2.05) is 74.5 Å². The number of halogens is 3. The molecule has 1 heterocycles. The van der Waals surface area contributed by atoms with Gasteiger partial charge in [0.2, 0.25) is 11.8 Å². The van der Waals surface area contributed by atoms with Gasteiger partial charge in [0.1, 0.15) is 9.75 Å². The van der Waals surface area contributed by atoms with Crippen LogP contribution < -0.4 is 4.90 Å². The maximum atomic E-state index is 14.0. The van der Waals surface area contributed by atoms with Gasteiger partial charge in [0.25, 0.3) is 0 Å². The fourth-order valence-electron chi connectivity index (χ4n) is 5.97. The average Bonchev–Trinajstić information content (AvgIpc) is 3.06. The van der Waals surface area contributed by atoms with Crippen molar-refractivity contribution in [2.75, 3.05) is 4.90 Å². The van der Waals surface area contributed by atoms with Crippen LogP contribution in [-0.4, -0.2) is 11.8 Å². The quantitative estimate of drug-likeness (QED) is 0.281. The predicted molar refractivity (Wildman–Crippen MR) is 129 cm³/mol. The molecular weight excluding hydrogens is 509 g/mol. The highest BCUT2D eigenvalue weighted by molar-refractivity contribution is 9.10. The Labute approximate surface area is 204 Å². The van der Waals surface area contributed by atoms with Crippen molar-refractivity contribution in [1.82, 2.24) is 0 Å². The molecule has 1 saturated heterocycles. The third-order valence-corrected chi connectivity index (χ3v) is 9.80. The zero-order valence-corrected chi connectivity index (χ0v) is 20.4. The molecule has 0 N–H and O–H groups in total. The third-order valence-electron chi connectivity index (χ3n) is 7.26. The number of carbonyl (C=O) groups is 2. The highest BCUT2D eigenvalue weighted by Gasteiger charge is 2.73. The summed E-state index contributed by atoms with van der Waals surface area (Å²) in [5.41, 5.74) is 5.69. The number of hydrogen-bond donors (Lipinski definition) is 0. The first-order valence-corrected chi connectivity index (χ1v) is 12.0. The van der Waals surface area contributed by atoms with Gasteiger partial charge in [-0.3, -0.25) is 9.59 Å². The van der Waals surface area contributed by atoms with Crippen LogP contribution in [-0.2, 0) is 19.3 Å². The van der Waals surface area contributed by atoms with Gasteiger partial charge in [-0.25, -0.2) is 4.90 Å². The van der Waals surface area contributed by atoms with Crippen molar-refractivity contribution in [3.63, 3.8) is 0 Å². The van der Waals surface area contributed by atoms with Gasteiger partial charge in [-0.15, -0.1) is 23.2 Å². The van der Waals surface area contributed by atoms with Crippen LogP contribution in [0.15, 0.2) is 65.1 Å². The molecule has 1 aliphatic heterocycles. The SMILES string of the molecule is Cc1cc(N2C(=O)[C@@H]3[C@@H](C2=O)C2(Cl)c4ccccc4C3(Cl)c3ccccc32)cc(C)c1Br. The summed E-state index contributed by atoms with van der Waals surface area (Å²) >= 11 is 18.5. The number of imide groups is 1. The maximum Gasteiger partial charge on any atom is 0.240 e. The molecular formula is C26H18BrCl2NO2. The van der Waals surface area contributed by atoms with Crippen LogP contribution >= 0.6 is 39.1 Å². The molecule has 3 nitrogen and oxygen atoms in total. The van der Waals surface area contributed by atoms with Crippen LogP contribution in [0.25, 0.3) is 0 Å². The van der Waals surface area contributed by atoms with Crippen molar-refractivity contribution >= 4 is 56.6 Å². The second kappa shape index (κ2) is 6.47. The summed E-state index contributed by atoms with van der Waals surface area (Å²) in [5, 5.41) is 0. The molecule has 0 unspecified atom stereocenters. The number of alkyl halides is 2. The largest absolute Gasteiger partial charge is 0.274 e. The Morgan fingerprint density at radius 3 is 1.44 bits per heavy atom. The van der Waals surface area contributed by atoms with Gasteiger partial charge in [0.05, 0.1) is 17.5 Å². The van der Waals surface area contributed by atoms with E-state index in [1.54, 1.807) is 0 Å². The second-order valence-electron chi connectivity index (χ2n) is 8.88. The molecule has 3 aromatic rings. The summed E-state index contributed by atoms with van der Waals surface area (Å²) in [7, 11) is 0. The molecule has 160 valence electrons. The lowest BCUT2D eigenvalue weighted by Crippen LogP contribution is -2.57. The third kappa shape index (κ3) is 2.19. The molecule has 32 heavy (non-hydrogen) atoms. The predicted octanol–water partition coefficient (Wildman–Crippen LogP) is 6.16. The van der Waals surface area contributed by atoms with Gasteiger partial charge in [-0.1, -0.05) is 64.5 Å². The molecule has 3 aliphatic carbocycles. The fraction of sp³-hybridized carbons (Fsp3) is 0.231. The molecule has 0 spiro atoms. The minimum Gasteiger partial charge on any atom is -0.274 e. The number of amides is 2. The molecule has 1 fully saturated rings. The van der Waals surface area contributed by atoms with Crippen molar-refractivity contribution in [1.29, 1.82) is 0 Å². The summed E-state index contributed by atoms with van der Waals surface area (Å²) < 4.78 is 0.959. The normalized spacial score (nSPS) is 29.7. The highest BCUT2D eigenvalue weighted by atomic mass is 79.9. The summed E-state index contributed by atoms with van der Waals surface area (Å²) in [6.07, 6.45) is 0. The van der Waals surface area contributed by atoms with Gasteiger partial charge in [0, 0.05) is 4.47 Å². The van der Waals surface area contributed by atoms with Gasteiger partial charge in [-0.05, 0) is 59.4 Å². The van der Waals surface area contributed by atoms with E-state index >= 15 is 0 Å². The van der Waals surface area contributed by atoms with Crippen molar-refractivity contribution < 1.29 is 9.59 Å². The molecule has 6 heteroatoms. The van der Waals surface area contributed by atoms with E-state index in [0.29, 0.717) is 5.69 Å². The molecule has 2 amide bonds. The average molecular weight is 527 g/mol. The summed E-state index contributed by atoms with van der Waals surface area (Å²) in [5.74, 6) is -2.18. The second-order valence-corrected chi connectivity index (χ2v) is 10.9. The molecule has 2 bridgehead atoms. The monoisotopic (exact) mass is 525 g/mol. The van der Waals surface area contributed by atoms with Crippen LogP contribution in [0.3, 0.4) is 0 Å². The minimum absolute atomic E-state index is 0.301. The lowest BCUT2D eigenvalue weighted by atomic mass is 9.54. The van der Waals surface area contributed by atoms with Crippen molar-refractivity contribution in [3.05, 3.63) is 98.5 Å².